The molecule has 5 nitrogen and oxygen atoms in total. The molecule has 7 heteroatoms. The molecule has 1 saturated heterocycles. The summed E-state index contributed by atoms with van der Waals surface area (Å²) >= 11 is 1.65. The molecule has 32 heavy (non-hydrogen) atoms. The van der Waals surface area contributed by atoms with Gasteiger partial charge in [-0.25, -0.2) is 0 Å². The molecule has 0 radical (unpaired) electrons. The van der Waals surface area contributed by atoms with Gasteiger partial charge in [0.15, 0.2) is 5.43 Å². The van der Waals surface area contributed by atoms with Crippen molar-refractivity contribution >= 4 is 43.3 Å². The first-order valence-corrected chi connectivity index (χ1v) is 11.9. The van der Waals surface area contributed by atoms with Crippen molar-refractivity contribution in [1.82, 2.24) is 4.90 Å². The van der Waals surface area contributed by atoms with E-state index in [9.17, 15) is 9.59 Å². The van der Waals surface area contributed by atoms with Gasteiger partial charge in [-0.3, -0.25) is 19.1 Å². The highest BCUT2D eigenvalue weighted by Gasteiger charge is 2.29. The number of hydrogen-bond acceptors (Lipinski definition) is 5. The van der Waals surface area contributed by atoms with E-state index in [0.29, 0.717) is 16.5 Å². The Balaban J connectivity index is 0.00000245. The van der Waals surface area contributed by atoms with Gasteiger partial charge < -0.3 is 21.7 Å². The number of nitrogens with zero attached hydrogens (tertiary/aromatic N) is 2. The minimum absolute atomic E-state index is 0. The molecule has 5 rings (SSSR count). The van der Waals surface area contributed by atoms with Crippen LogP contribution in [0.5, 0.6) is 5.75 Å². The Morgan fingerprint density at radius 3 is 2.75 bits per heavy atom. The average molecular weight is 515 g/mol. The van der Waals surface area contributed by atoms with Crippen LogP contribution in [0.3, 0.4) is 0 Å². The van der Waals surface area contributed by atoms with Crippen molar-refractivity contribution in [1.29, 1.82) is 0 Å². The molecule has 3 heterocycles. The summed E-state index contributed by atoms with van der Waals surface area (Å²) in [5.41, 5.74) is 1.06. The fourth-order valence-electron chi connectivity index (χ4n) is 4.90. The van der Waals surface area contributed by atoms with E-state index in [0.717, 1.165) is 54.0 Å². The lowest BCUT2D eigenvalue weighted by molar-refractivity contribution is -0.555. The highest BCUT2D eigenvalue weighted by molar-refractivity contribution is 7.24. The number of carbonyl (C=O) groups excluding carboxylic acids is 1. The van der Waals surface area contributed by atoms with Gasteiger partial charge in [-0.05, 0) is 43.5 Å². The molecule has 1 fully saturated rings. The lowest BCUT2D eigenvalue weighted by Crippen LogP contribution is -3.00. The van der Waals surface area contributed by atoms with Crippen LogP contribution in [0, 0.1) is 0 Å². The number of carbonyl (C=O) groups is 1. The van der Waals surface area contributed by atoms with Gasteiger partial charge in [0, 0.05) is 45.5 Å². The van der Waals surface area contributed by atoms with Gasteiger partial charge in [-0.1, -0.05) is 12.1 Å². The molecule has 0 saturated carbocycles. The predicted molar refractivity (Wildman–Crippen MR) is 125 cm³/mol. The van der Waals surface area contributed by atoms with Gasteiger partial charge in [0.25, 0.3) is 0 Å². The third kappa shape index (κ3) is 4.46. The minimum atomic E-state index is -0.371. The van der Waals surface area contributed by atoms with Crippen LogP contribution in [0.15, 0.2) is 41.2 Å². The molecule has 0 aliphatic carbocycles. The summed E-state index contributed by atoms with van der Waals surface area (Å²) < 4.78 is 9.90. The molecule has 1 aromatic heterocycles. The molecular weight excluding hydrogens is 488 g/mol. The lowest BCUT2D eigenvalue weighted by Gasteiger charge is -2.26. The second kappa shape index (κ2) is 9.71. The summed E-state index contributed by atoms with van der Waals surface area (Å²) in [6.45, 7) is 5.42. The quantitative estimate of drug-likeness (QED) is 0.230. The van der Waals surface area contributed by atoms with Gasteiger partial charge in [0.1, 0.15) is 12.3 Å². The number of esters is 1. The van der Waals surface area contributed by atoms with Crippen molar-refractivity contribution in [2.24, 2.45) is 0 Å². The summed E-state index contributed by atoms with van der Waals surface area (Å²) in [5.74, 6) is 1.52. The fourth-order valence-corrected chi connectivity index (χ4v) is 6.05. The first-order valence-electron chi connectivity index (χ1n) is 11.1. The zero-order chi connectivity index (χ0) is 21.4. The van der Waals surface area contributed by atoms with Crippen molar-refractivity contribution in [2.75, 3.05) is 19.6 Å². The molecule has 2 aliphatic rings. The van der Waals surface area contributed by atoms with Crippen LogP contribution in [-0.2, 0) is 11.3 Å². The second-order valence-corrected chi connectivity index (χ2v) is 9.52. The first-order chi connectivity index (χ1) is 15.1. The van der Waals surface area contributed by atoms with Crippen LogP contribution in [-0.4, -0.2) is 40.9 Å². The Kier molecular flexibility index (Phi) is 6.96. The zero-order valence-electron chi connectivity index (χ0n) is 18.2. The zero-order valence-corrected chi connectivity index (χ0v) is 20.6. The van der Waals surface area contributed by atoms with Crippen molar-refractivity contribution in [3.63, 3.8) is 0 Å². The molecule has 2 aromatic carbocycles. The van der Waals surface area contributed by atoms with Crippen molar-refractivity contribution in [3.8, 4) is 5.75 Å². The summed E-state index contributed by atoms with van der Waals surface area (Å²) in [6.07, 6.45) is 6.03. The Bertz CT molecular complexity index is 1270. The van der Waals surface area contributed by atoms with E-state index in [1.54, 1.807) is 17.4 Å². The Labute approximate surface area is 202 Å². The molecule has 0 unspecified atom stereocenters. The van der Waals surface area contributed by atoms with Gasteiger partial charge >= 0.3 is 5.97 Å². The second-order valence-electron chi connectivity index (χ2n) is 8.47. The van der Waals surface area contributed by atoms with Crippen LogP contribution in [0.2, 0.25) is 0 Å². The fraction of sp³-hybridized carbons (Fsp3) is 0.400. The maximum atomic E-state index is 13.3. The molecule has 2 aliphatic heterocycles. The number of ether oxygens (including phenoxy) is 1. The molecule has 168 valence electrons. The standard InChI is InChI=1S/C25H27N2O3S.BrH/c1-17(28)30-19-14-18(16-27-13-7-12-26-11-6-2-3-10-23(26)27)25-21(15-19)24(29)20-8-4-5-9-22(20)31-25;/h4-5,8-9,14-15H,2-3,6-7,10-13,16H2,1H3;1H/q+1;/p-1. The SMILES string of the molecule is CC(=O)Oc1cc(C[N+]2=C3CCCCCN3CCC2)c2sc3ccccc3c(=O)c2c1.[Br-]. The highest BCUT2D eigenvalue weighted by atomic mass is 79.9. The van der Waals surface area contributed by atoms with E-state index in [1.807, 2.05) is 30.3 Å². The first kappa shape index (κ1) is 22.9. The van der Waals surface area contributed by atoms with Crippen molar-refractivity contribution < 1.29 is 31.1 Å². The van der Waals surface area contributed by atoms with Gasteiger partial charge in [0.05, 0.1) is 19.6 Å². The van der Waals surface area contributed by atoms with Crippen LogP contribution in [0.1, 0.15) is 44.6 Å². The topological polar surface area (TPSA) is 49.6 Å². The number of halogens is 1. The van der Waals surface area contributed by atoms with E-state index in [4.69, 9.17) is 4.74 Å². The van der Waals surface area contributed by atoms with Gasteiger partial charge in [0.2, 0.25) is 5.84 Å². The number of hydrogen-bond donors (Lipinski definition) is 0. The Morgan fingerprint density at radius 2 is 1.91 bits per heavy atom. The third-order valence-corrected chi connectivity index (χ3v) is 7.53. The van der Waals surface area contributed by atoms with E-state index in [-0.39, 0.29) is 28.4 Å². The number of benzene rings is 2. The van der Waals surface area contributed by atoms with Crippen LogP contribution >= 0.6 is 11.3 Å². The van der Waals surface area contributed by atoms with Crippen molar-refractivity contribution in [3.05, 3.63) is 52.2 Å². The maximum absolute atomic E-state index is 13.3. The summed E-state index contributed by atoms with van der Waals surface area (Å²) in [7, 11) is 0. The van der Waals surface area contributed by atoms with Gasteiger partial charge in [-0.2, -0.15) is 0 Å². The molecule has 0 bridgehead atoms. The Morgan fingerprint density at radius 1 is 1.09 bits per heavy atom. The molecule has 0 atom stereocenters. The van der Waals surface area contributed by atoms with Crippen LogP contribution in [0.25, 0.3) is 20.2 Å². The molecule has 0 spiro atoms. The summed E-state index contributed by atoms with van der Waals surface area (Å²) in [4.78, 5) is 27.5. The smallest absolute Gasteiger partial charge is 0.308 e. The maximum Gasteiger partial charge on any atom is 0.308 e. The number of rotatable bonds is 3. The van der Waals surface area contributed by atoms with Gasteiger partial charge in [-0.15, -0.1) is 11.3 Å². The highest BCUT2D eigenvalue weighted by Crippen LogP contribution is 2.32. The number of fused-ring (bicyclic) bond motifs is 3. The van der Waals surface area contributed by atoms with E-state index < -0.39 is 0 Å². The molecule has 0 N–H and O–H groups in total. The largest absolute Gasteiger partial charge is 1.00 e. The molecular formula is C25H27BrN2O3S. The minimum Gasteiger partial charge on any atom is -1.00 e. The summed E-state index contributed by atoms with van der Waals surface area (Å²) in [5, 5.41) is 1.35. The van der Waals surface area contributed by atoms with Crippen LogP contribution in [0.4, 0.5) is 0 Å². The van der Waals surface area contributed by atoms with E-state index in [2.05, 4.69) is 9.48 Å². The van der Waals surface area contributed by atoms with Crippen molar-refractivity contribution in [2.45, 2.75) is 45.6 Å². The molecule has 3 aromatic rings. The molecule has 0 amide bonds. The Hall–Kier alpha value is -2.25. The summed E-state index contributed by atoms with van der Waals surface area (Å²) in [6, 6.07) is 11.4. The third-order valence-electron chi connectivity index (χ3n) is 6.27. The van der Waals surface area contributed by atoms with E-state index in [1.165, 1.54) is 32.0 Å². The predicted octanol–water partition coefficient (Wildman–Crippen LogP) is 1.53. The average Bonchev–Trinajstić information content (AvgIpc) is 3.01. The lowest BCUT2D eigenvalue weighted by atomic mass is 10.1. The van der Waals surface area contributed by atoms with Crippen LogP contribution < -0.4 is 27.1 Å². The van der Waals surface area contributed by atoms with E-state index >= 15 is 0 Å². The monoisotopic (exact) mass is 514 g/mol. The normalized spacial score (nSPS) is 16.5. The number of amidine groups is 1.